The molecular formula is C39H34Cl2Zr. The van der Waals surface area contributed by atoms with Crippen molar-refractivity contribution in [2.45, 2.75) is 23.9 Å². The molecule has 2 aliphatic carbocycles. The third kappa shape index (κ3) is 5.28. The van der Waals surface area contributed by atoms with E-state index < -0.39 is 21.3 Å². The fourth-order valence-electron chi connectivity index (χ4n) is 6.86. The van der Waals surface area contributed by atoms with Crippen molar-refractivity contribution in [1.82, 2.24) is 0 Å². The zero-order chi connectivity index (χ0) is 27.1. The van der Waals surface area contributed by atoms with Gasteiger partial charge in [0.2, 0.25) is 0 Å². The molecule has 0 nitrogen and oxygen atoms in total. The summed E-state index contributed by atoms with van der Waals surface area (Å²) in [5.41, 5.74) is 14.3. The summed E-state index contributed by atoms with van der Waals surface area (Å²) in [6.45, 7) is 4.56. The van der Waals surface area contributed by atoms with Crippen molar-refractivity contribution >= 4 is 33.6 Å². The summed E-state index contributed by atoms with van der Waals surface area (Å²) < 4.78 is 3.72. The van der Waals surface area contributed by atoms with Crippen LogP contribution >= 0.6 is 24.8 Å². The molecule has 0 atom stereocenters. The third-order valence-corrected chi connectivity index (χ3v) is 17.0. The predicted octanol–water partition coefficient (Wildman–Crippen LogP) is 10.5. The van der Waals surface area contributed by atoms with E-state index in [0.29, 0.717) is 3.63 Å². The molecule has 0 fully saturated rings. The molecular weight excluding hydrogens is 631 g/mol. The maximum atomic E-state index is 2.44. The minimum atomic E-state index is -2.78. The first kappa shape index (κ1) is 30.4. The number of hydrogen-bond donors (Lipinski definition) is 0. The molecule has 0 spiro atoms. The van der Waals surface area contributed by atoms with Crippen LogP contribution in [0.3, 0.4) is 0 Å². The van der Waals surface area contributed by atoms with Crippen LogP contribution in [0.4, 0.5) is 0 Å². The van der Waals surface area contributed by atoms with Crippen molar-refractivity contribution in [2.75, 3.05) is 0 Å². The SMILES string of the molecule is Cc1cccc(C)c1C1=[C]([Zr](=[C](c2ccccc2)c2ccccc2)[CH]2c3ccccc3-c3ccccc32)CC=C1.Cl.Cl. The van der Waals surface area contributed by atoms with Crippen LogP contribution in [0, 0.1) is 13.8 Å². The zero-order valence-electron chi connectivity index (χ0n) is 23.9. The number of allylic oxidation sites excluding steroid dienone is 4. The Morgan fingerprint density at radius 1 is 0.571 bits per heavy atom. The quantitative estimate of drug-likeness (QED) is 0.175. The Morgan fingerprint density at radius 2 is 1.05 bits per heavy atom. The van der Waals surface area contributed by atoms with Crippen molar-refractivity contribution in [1.29, 1.82) is 0 Å². The van der Waals surface area contributed by atoms with Crippen LogP contribution in [0.1, 0.15) is 49.0 Å². The number of benzene rings is 5. The topological polar surface area (TPSA) is 0 Å². The average molecular weight is 665 g/mol. The number of aryl methyl sites for hydroxylation is 2. The standard InChI is InChI=1S/C13H9.C13H13.C13H10.2ClH.Zr/c1-3-7-12-10(5-1)9-11-6-2-4-8-13(11)12;1-10-6-5-7-11(2)13(10)12-8-3-4-9-12;1-3-7-12(8-4-1)11-13-9-5-2-6-10-13;;;/h1-9H;3,5-8H,4H2,1-2H3;1-10H;2*1H;. The van der Waals surface area contributed by atoms with Crippen molar-refractivity contribution < 1.29 is 21.3 Å². The van der Waals surface area contributed by atoms with Gasteiger partial charge in [-0.1, -0.05) is 0 Å². The summed E-state index contributed by atoms with van der Waals surface area (Å²) in [6, 6.07) is 47.7. The molecule has 0 N–H and O–H groups in total. The van der Waals surface area contributed by atoms with Gasteiger partial charge in [0, 0.05) is 0 Å². The first-order valence-electron chi connectivity index (χ1n) is 14.2. The van der Waals surface area contributed by atoms with Crippen LogP contribution in [0.2, 0.25) is 0 Å². The molecule has 0 aromatic heterocycles. The second-order valence-electron chi connectivity index (χ2n) is 10.9. The van der Waals surface area contributed by atoms with Gasteiger partial charge in [-0.15, -0.1) is 24.8 Å². The molecule has 7 rings (SSSR count). The van der Waals surface area contributed by atoms with Crippen LogP contribution in [0.5, 0.6) is 0 Å². The maximum absolute atomic E-state index is 2.78. The van der Waals surface area contributed by atoms with E-state index in [-0.39, 0.29) is 24.8 Å². The first-order valence-corrected chi connectivity index (χ1v) is 18.1. The van der Waals surface area contributed by atoms with Gasteiger partial charge in [-0.05, 0) is 0 Å². The van der Waals surface area contributed by atoms with Gasteiger partial charge in [-0.3, -0.25) is 0 Å². The van der Waals surface area contributed by atoms with E-state index in [2.05, 4.69) is 153 Å². The molecule has 0 saturated carbocycles. The van der Waals surface area contributed by atoms with Crippen LogP contribution in [-0.2, 0) is 21.3 Å². The molecule has 5 aromatic carbocycles. The molecule has 0 unspecified atom stereocenters. The summed E-state index contributed by atoms with van der Waals surface area (Å²) in [5.74, 6) is 0. The average Bonchev–Trinajstić information content (AvgIpc) is 3.60. The molecule has 0 heterocycles. The number of hydrogen-bond acceptors (Lipinski definition) is 0. The van der Waals surface area contributed by atoms with Gasteiger partial charge < -0.3 is 0 Å². The van der Waals surface area contributed by atoms with Crippen LogP contribution < -0.4 is 0 Å². The number of rotatable bonds is 5. The van der Waals surface area contributed by atoms with E-state index in [9.17, 15) is 0 Å². The Kier molecular flexibility index (Phi) is 9.44. The Bertz CT molecular complexity index is 1720. The summed E-state index contributed by atoms with van der Waals surface area (Å²) in [4.78, 5) is 0. The van der Waals surface area contributed by atoms with E-state index in [0.717, 1.165) is 6.42 Å². The molecule has 2 aliphatic rings. The molecule has 0 saturated heterocycles. The summed E-state index contributed by atoms with van der Waals surface area (Å²) >= 11 is -2.78. The summed E-state index contributed by atoms with van der Waals surface area (Å²) in [6.07, 6.45) is 5.91. The van der Waals surface area contributed by atoms with Gasteiger partial charge in [-0.25, -0.2) is 0 Å². The smallest absolute Gasteiger partial charge is 0.147 e. The van der Waals surface area contributed by atoms with E-state index in [1.807, 2.05) is 0 Å². The van der Waals surface area contributed by atoms with Crippen LogP contribution in [-0.4, -0.2) is 3.21 Å². The van der Waals surface area contributed by atoms with Gasteiger partial charge >= 0.3 is 247 Å². The van der Waals surface area contributed by atoms with Gasteiger partial charge in [0.25, 0.3) is 0 Å². The van der Waals surface area contributed by atoms with Crippen LogP contribution in [0.15, 0.2) is 143 Å². The van der Waals surface area contributed by atoms with Gasteiger partial charge in [0.15, 0.2) is 0 Å². The Labute approximate surface area is 269 Å². The first-order chi connectivity index (χ1) is 19.7. The van der Waals surface area contributed by atoms with E-state index in [1.165, 1.54) is 55.6 Å². The predicted molar refractivity (Wildman–Crippen MR) is 181 cm³/mol. The van der Waals surface area contributed by atoms with Gasteiger partial charge in [0.1, 0.15) is 0 Å². The molecule has 5 aromatic rings. The minimum absolute atomic E-state index is 0. The monoisotopic (exact) mass is 662 g/mol. The van der Waals surface area contributed by atoms with E-state index in [4.69, 9.17) is 0 Å². The fourth-order valence-corrected chi connectivity index (χ4v) is 16.3. The summed E-state index contributed by atoms with van der Waals surface area (Å²) in [5, 5.41) is 0. The largest absolute Gasteiger partial charge is 0.147 e. The van der Waals surface area contributed by atoms with Crippen molar-refractivity contribution in [2.24, 2.45) is 0 Å². The van der Waals surface area contributed by atoms with Crippen LogP contribution in [0.25, 0.3) is 16.7 Å². The van der Waals surface area contributed by atoms with Gasteiger partial charge in [0.05, 0.1) is 0 Å². The third-order valence-electron chi connectivity index (χ3n) is 8.52. The zero-order valence-corrected chi connectivity index (χ0v) is 28.0. The van der Waals surface area contributed by atoms with Crippen molar-refractivity contribution in [3.8, 4) is 11.1 Å². The second kappa shape index (κ2) is 13.1. The van der Waals surface area contributed by atoms with Crippen molar-refractivity contribution in [3.05, 3.63) is 182 Å². The Hall–Kier alpha value is -3.09. The maximum Gasteiger partial charge on any atom is -0.147 e. The fraction of sp³-hybridized carbons (Fsp3) is 0.103. The molecule has 3 heteroatoms. The van der Waals surface area contributed by atoms with E-state index in [1.54, 1.807) is 6.49 Å². The minimum Gasteiger partial charge on any atom is -0.147 e. The molecule has 42 heavy (non-hydrogen) atoms. The molecule has 208 valence electrons. The Balaban J connectivity index is 0.00000176. The van der Waals surface area contributed by atoms with E-state index >= 15 is 0 Å². The second-order valence-corrected chi connectivity index (χ2v) is 17.1. The molecule has 0 radical (unpaired) electrons. The molecule has 0 aliphatic heterocycles. The number of fused-ring (bicyclic) bond motifs is 3. The van der Waals surface area contributed by atoms with Crippen molar-refractivity contribution in [3.63, 3.8) is 0 Å². The molecule has 0 amide bonds. The number of halogens is 2. The summed E-state index contributed by atoms with van der Waals surface area (Å²) in [7, 11) is 0. The molecule has 0 bridgehead atoms. The Morgan fingerprint density at radius 3 is 1.57 bits per heavy atom. The normalized spacial score (nSPS) is 13.2. The van der Waals surface area contributed by atoms with Gasteiger partial charge in [-0.2, -0.15) is 0 Å².